The van der Waals surface area contributed by atoms with Gasteiger partial charge >= 0.3 is 0 Å². The molecule has 0 bridgehead atoms. The van der Waals surface area contributed by atoms with Gasteiger partial charge in [-0.15, -0.1) is 0 Å². The van der Waals surface area contributed by atoms with Gasteiger partial charge in [-0.25, -0.2) is 0 Å². The van der Waals surface area contributed by atoms with Crippen LogP contribution in [0.3, 0.4) is 0 Å². The second-order valence-corrected chi connectivity index (χ2v) is 6.72. The van der Waals surface area contributed by atoms with Crippen LogP contribution in [0.25, 0.3) is 0 Å². The van der Waals surface area contributed by atoms with Crippen molar-refractivity contribution in [1.82, 2.24) is 10.2 Å². The quantitative estimate of drug-likeness (QED) is 0.810. The number of ether oxygens (including phenoxy) is 1. The highest BCUT2D eigenvalue weighted by molar-refractivity contribution is 4.86. The first-order chi connectivity index (χ1) is 9.74. The molecule has 0 aromatic carbocycles. The zero-order chi connectivity index (χ0) is 14.4. The SMILES string of the molecule is CCNC(CN1CC(C)OCC1CC)C1CCCCC1. The van der Waals surface area contributed by atoms with Gasteiger partial charge in [0, 0.05) is 25.2 Å². The van der Waals surface area contributed by atoms with Gasteiger partial charge in [0.2, 0.25) is 0 Å². The minimum absolute atomic E-state index is 0.395. The lowest BCUT2D eigenvalue weighted by atomic mass is 9.83. The number of hydrogen-bond donors (Lipinski definition) is 1. The predicted octanol–water partition coefficient (Wildman–Crippen LogP) is 3.04. The van der Waals surface area contributed by atoms with E-state index in [1.165, 1.54) is 45.1 Å². The Balaban J connectivity index is 1.94. The van der Waals surface area contributed by atoms with Crippen molar-refractivity contribution in [3.8, 4) is 0 Å². The number of morpholine rings is 1. The minimum Gasteiger partial charge on any atom is -0.376 e. The lowest BCUT2D eigenvalue weighted by Gasteiger charge is -2.42. The van der Waals surface area contributed by atoms with Crippen molar-refractivity contribution in [3.63, 3.8) is 0 Å². The molecule has 0 spiro atoms. The Bertz CT molecular complexity index is 266. The molecule has 1 saturated heterocycles. The predicted molar refractivity (Wildman–Crippen MR) is 85.1 cm³/mol. The molecule has 1 aliphatic heterocycles. The van der Waals surface area contributed by atoms with Crippen LogP contribution in [0.2, 0.25) is 0 Å². The average Bonchev–Trinajstić information content (AvgIpc) is 2.48. The number of nitrogens with one attached hydrogen (secondary N) is 1. The van der Waals surface area contributed by atoms with Crippen molar-refractivity contribution in [2.24, 2.45) is 5.92 Å². The smallest absolute Gasteiger partial charge is 0.0674 e. The Kier molecular flexibility index (Phi) is 6.79. The van der Waals surface area contributed by atoms with Gasteiger partial charge in [-0.1, -0.05) is 33.1 Å². The second-order valence-electron chi connectivity index (χ2n) is 6.72. The van der Waals surface area contributed by atoms with Crippen molar-refractivity contribution in [3.05, 3.63) is 0 Å². The summed E-state index contributed by atoms with van der Waals surface area (Å²) in [4.78, 5) is 2.69. The third-order valence-electron chi connectivity index (χ3n) is 5.17. The van der Waals surface area contributed by atoms with Crippen LogP contribution in [-0.2, 0) is 4.74 Å². The molecule has 0 aromatic rings. The molecule has 1 heterocycles. The van der Waals surface area contributed by atoms with E-state index in [0.29, 0.717) is 18.2 Å². The summed E-state index contributed by atoms with van der Waals surface area (Å²) in [5, 5.41) is 3.78. The summed E-state index contributed by atoms with van der Waals surface area (Å²) in [6.07, 6.45) is 8.76. The fourth-order valence-corrected chi connectivity index (χ4v) is 3.94. The molecule has 3 unspecified atom stereocenters. The van der Waals surface area contributed by atoms with Crippen molar-refractivity contribution < 1.29 is 4.74 Å². The molecule has 2 aliphatic rings. The molecule has 2 rings (SSSR count). The maximum atomic E-state index is 5.84. The Morgan fingerprint density at radius 2 is 1.95 bits per heavy atom. The van der Waals surface area contributed by atoms with Crippen LogP contribution in [-0.4, -0.2) is 49.3 Å². The summed E-state index contributed by atoms with van der Waals surface area (Å²) in [7, 11) is 0. The molecule has 0 aromatic heterocycles. The molecule has 20 heavy (non-hydrogen) atoms. The van der Waals surface area contributed by atoms with Gasteiger partial charge < -0.3 is 10.1 Å². The lowest BCUT2D eigenvalue weighted by Crippen LogP contribution is -2.54. The van der Waals surface area contributed by atoms with Crippen LogP contribution in [0.15, 0.2) is 0 Å². The van der Waals surface area contributed by atoms with E-state index in [9.17, 15) is 0 Å². The molecule has 0 amide bonds. The number of nitrogens with zero attached hydrogens (tertiary/aromatic N) is 1. The summed E-state index contributed by atoms with van der Waals surface area (Å²) < 4.78 is 5.84. The Morgan fingerprint density at radius 1 is 1.20 bits per heavy atom. The van der Waals surface area contributed by atoms with Crippen LogP contribution in [0, 0.1) is 5.92 Å². The molecule has 2 fully saturated rings. The standard InChI is InChI=1S/C17H34N2O/c1-4-16-13-20-14(3)11-19(16)12-17(18-5-2)15-9-7-6-8-10-15/h14-18H,4-13H2,1-3H3. The zero-order valence-corrected chi connectivity index (χ0v) is 13.7. The molecule has 3 atom stereocenters. The highest BCUT2D eigenvalue weighted by atomic mass is 16.5. The highest BCUT2D eigenvalue weighted by Crippen LogP contribution is 2.28. The number of rotatable bonds is 6. The Morgan fingerprint density at radius 3 is 2.60 bits per heavy atom. The van der Waals surface area contributed by atoms with Gasteiger partial charge in [-0.3, -0.25) is 4.90 Å². The van der Waals surface area contributed by atoms with E-state index in [4.69, 9.17) is 4.74 Å². The van der Waals surface area contributed by atoms with E-state index < -0.39 is 0 Å². The largest absolute Gasteiger partial charge is 0.376 e. The Labute approximate surface area is 125 Å². The van der Waals surface area contributed by atoms with Gasteiger partial charge in [0.15, 0.2) is 0 Å². The molecular formula is C17H34N2O. The second kappa shape index (κ2) is 8.35. The fraction of sp³-hybridized carbons (Fsp3) is 1.00. The van der Waals surface area contributed by atoms with Gasteiger partial charge in [0.05, 0.1) is 12.7 Å². The van der Waals surface area contributed by atoms with Crippen molar-refractivity contribution in [2.75, 3.05) is 26.2 Å². The third kappa shape index (κ3) is 4.44. The Hall–Kier alpha value is -0.120. The van der Waals surface area contributed by atoms with Crippen LogP contribution in [0.5, 0.6) is 0 Å². The van der Waals surface area contributed by atoms with Gasteiger partial charge in [0.25, 0.3) is 0 Å². The minimum atomic E-state index is 0.395. The summed E-state index contributed by atoms with van der Waals surface area (Å²) in [5.41, 5.74) is 0. The van der Waals surface area contributed by atoms with Crippen molar-refractivity contribution >= 4 is 0 Å². The lowest BCUT2D eigenvalue weighted by molar-refractivity contribution is -0.0609. The molecule has 0 radical (unpaired) electrons. The van der Waals surface area contributed by atoms with Crippen LogP contribution in [0.4, 0.5) is 0 Å². The molecule has 1 saturated carbocycles. The molecule has 1 aliphatic carbocycles. The molecule has 1 N–H and O–H groups in total. The van der Waals surface area contributed by atoms with Gasteiger partial charge in [-0.2, -0.15) is 0 Å². The maximum Gasteiger partial charge on any atom is 0.0674 e. The summed E-state index contributed by atoms with van der Waals surface area (Å²) >= 11 is 0. The van der Waals surface area contributed by atoms with Gasteiger partial charge in [0.1, 0.15) is 0 Å². The fourth-order valence-electron chi connectivity index (χ4n) is 3.94. The third-order valence-corrected chi connectivity index (χ3v) is 5.17. The van der Waals surface area contributed by atoms with E-state index in [2.05, 4.69) is 31.0 Å². The van der Waals surface area contributed by atoms with Crippen LogP contribution >= 0.6 is 0 Å². The van der Waals surface area contributed by atoms with E-state index in [0.717, 1.165) is 25.6 Å². The first-order valence-electron chi connectivity index (χ1n) is 8.83. The summed E-state index contributed by atoms with van der Waals surface area (Å²) in [6, 6.07) is 1.30. The van der Waals surface area contributed by atoms with Crippen molar-refractivity contribution in [2.45, 2.75) is 77.5 Å². The number of hydrogen-bond acceptors (Lipinski definition) is 3. The van der Waals surface area contributed by atoms with Gasteiger partial charge in [-0.05, 0) is 38.6 Å². The maximum absolute atomic E-state index is 5.84. The highest BCUT2D eigenvalue weighted by Gasteiger charge is 2.30. The van der Waals surface area contributed by atoms with E-state index >= 15 is 0 Å². The van der Waals surface area contributed by atoms with E-state index in [1.807, 2.05) is 0 Å². The summed E-state index contributed by atoms with van der Waals surface area (Å²) in [6.45, 7) is 11.1. The average molecular weight is 282 g/mol. The molecular weight excluding hydrogens is 248 g/mol. The van der Waals surface area contributed by atoms with Crippen LogP contribution < -0.4 is 5.32 Å². The van der Waals surface area contributed by atoms with E-state index in [-0.39, 0.29) is 0 Å². The zero-order valence-electron chi connectivity index (χ0n) is 13.7. The monoisotopic (exact) mass is 282 g/mol. The van der Waals surface area contributed by atoms with Crippen LogP contribution in [0.1, 0.15) is 59.3 Å². The topological polar surface area (TPSA) is 24.5 Å². The summed E-state index contributed by atoms with van der Waals surface area (Å²) in [5.74, 6) is 0.888. The number of likely N-dealkylation sites (N-methyl/N-ethyl adjacent to an activating group) is 1. The molecule has 3 heteroatoms. The molecule has 3 nitrogen and oxygen atoms in total. The van der Waals surface area contributed by atoms with Crippen molar-refractivity contribution in [1.29, 1.82) is 0 Å². The van der Waals surface area contributed by atoms with E-state index in [1.54, 1.807) is 0 Å². The first kappa shape index (κ1) is 16.3. The normalized spacial score (nSPS) is 31.4. The first-order valence-corrected chi connectivity index (χ1v) is 8.83. The molecule has 118 valence electrons.